The molecular weight excluding hydrogens is 348 g/mol. The van der Waals surface area contributed by atoms with E-state index in [1.165, 1.54) is 5.56 Å². The molecule has 3 rings (SSSR count). The van der Waals surface area contributed by atoms with E-state index in [9.17, 15) is 9.59 Å². The number of rotatable bonds is 5. The SMILES string of the molecule is CCCCNC(=O)C(=O)Nc1c2c(nn1-c1ccc(C)cc1C)CSC2. The van der Waals surface area contributed by atoms with Crippen LogP contribution in [0.2, 0.25) is 0 Å². The normalized spacial score (nSPS) is 12.7. The van der Waals surface area contributed by atoms with Gasteiger partial charge in [-0.25, -0.2) is 4.68 Å². The van der Waals surface area contributed by atoms with Crippen molar-refractivity contribution in [3.8, 4) is 5.69 Å². The molecule has 0 radical (unpaired) electrons. The number of carbonyl (C=O) groups excluding carboxylic acids is 2. The van der Waals surface area contributed by atoms with Crippen LogP contribution in [-0.4, -0.2) is 28.1 Å². The molecule has 2 amide bonds. The number of benzene rings is 1. The Morgan fingerprint density at radius 1 is 1.23 bits per heavy atom. The highest BCUT2D eigenvalue weighted by Gasteiger charge is 2.26. The van der Waals surface area contributed by atoms with E-state index in [2.05, 4.69) is 21.8 Å². The van der Waals surface area contributed by atoms with Crippen LogP contribution < -0.4 is 10.6 Å². The van der Waals surface area contributed by atoms with Crippen LogP contribution in [0.15, 0.2) is 18.2 Å². The summed E-state index contributed by atoms with van der Waals surface area (Å²) in [6, 6.07) is 6.10. The van der Waals surface area contributed by atoms with Crippen molar-refractivity contribution in [2.45, 2.75) is 45.1 Å². The standard InChI is InChI=1S/C19H24N4O2S/c1-4-5-8-20-18(24)19(25)21-17-14-10-26-11-15(14)22-23(17)16-7-6-12(2)9-13(16)3/h6-7,9H,4-5,8,10-11H2,1-3H3,(H,20,24)(H,21,25). The molecule has 0 saturated carbocycles. The quantitative estimate of drug-likeness (QED) is 0.625. The summed E-state index contributed by atoms with van der Waals surface area (Å²) in [4.78, 5) is 24.4. The first kappa shape index (κ1) is 18.5. The molecule has 7 heteroatoms. The molecule has 0 aliphatic carbocycles. The first-order chi connectivity index (χ1) is 12.5. The van der Waals surface area contributed by atoms with E-state index in [1.807, 2.05) is 32.9 Å². The zero-order valence-corrected chi connectivity index (χ0v) is 16.2. The number of nitrogens with one attached hydrogen (secondary N) is 2. The third-order valence-electron chi connectivity index (χ3n) is 4.39. The molecule has 0 saturated heterocycles. The van der Waals surface area contributed by atoms with Gasteiger partial charge in [0.25, 0.3) is 0 Å². The summed E-state index contributed by atoms with van der Waals surface area (Å²) >= 11 is 1.76. The lowest BCUT2D eigenvalue weighted by molar-refractivity contribution is -0.136. The molecule has 0 spiro atoms. The van der Waals surface area contributed by atoms with Crippen LogP contribution >= 0.6 is 11.8 Å². The number of hydrogen-bond acceptors (Lipinski definition) is 4. The Hall–Kier alpha value is -2.28. The molecule has 0 bridgehead atoms. The van der Waals surface area contributed by atoms with Gasteiger partial charge in [0.15, 0.2) is 0 Å². The van der Waals surface area contributed by atoms with E-state index in [0.717, 1.165) is 46.9 Å². The predicted molar refractivity (Wildman–Crippen MR) is 105 cm³/mol. The molecule has 1 aromatic carbocycles. The maximum atomic E-state index is 12.4. The molecule has 6 nitrogen and oxygen atoms in total. The van der Waals surface area contributed by atoms with Gasteiger partial charge in [-0.1, -0.05) is 31.0 Å². The zero-order valence-electron chi connectivity index (χ0n) is 15.4. The van der Waals surface area contributed by atoms with Crippen molar-refractivity contribution in [3.63, 3.8) is 0 Å². The van der Waals surface area contributed by atoms with E-state index in [0.29, 0.717) is 12.4 Å². The topological polar surface area (TPSA) is 76.0 Å². The number of nitrogens with zero attached hydrogens (tertiary/aromatic N) is 2. The Bertz CT molecular complexity index is 844. The van der Waals surface area contributed by atoms with Gasteiger partial charge < -0.3 is 10.6 Å². The van der Waals surface area contributed by atoms with Crippen molar-refractivity contribution in [1.29, 1.82) is 0 Å². The number of aryl methyl sites for hydroxylation is 2. The lowest BCUT2D eigenvalue weighted by atomic mass is 10.1. The van der Waals surface area contributed by atoms with Crippen LogP contribution in [0.3, 0.4) is 0 Å². The Morgan fingerprint density at radius 2 is 2.04 bits per heavy atom. The molecule has 0 unspecified atom stereocenters. The number of amides is 2. The second-order valence-electron chi connectivity index (χ2n) is 6.53. The summed E-state index contributed by atoms with van der Waals surface area (Å²) < 4.78 is 1.76. The fourth-order valence-electron chi connectivity index (χ4n) is 2.98. The monoisotopic (exact) mass is 372 g/mol. The van der Waals surface area contributed by atoms with Crippen molar-refractivity contribution in [2.24, 2.45) is 0 Å². The Labute approximate surface area is 157 Å². The van der Waals surface area contributed by atoms with Gasteiger partial charge in [-0.05, 0) is 31.9 Å². The molecule has 2 heterocycles. The molecule has 138 valence electrons. The number of unbranched alkanes of at least 4 members (excludes halogenated alkanes) is 1. The van der Waals surface area contributed by atoms with Gasteiger partial charge in [0, 0.05) is 23.6 Å². The van der Waals surface area contributed by atoms with Crippen LogP contribution in [-0.2, 0) is 21.1 Å². The number of hydrogen-bond donors (Lipinski definition) is 2. The van der Waals surface area contributed by atoms with Crippen molar-refractivity contribution >= 4 is 29.4 Å². The molecule has 1 aromatic heterocycles. The molecule has 2 N–H and O–H groups in total. The third-order valence-corrected chi connectivity index (χ3v) is 5.36. The van der Waals surface area contributed by atoms with Crippen molar-refractivity contribution in [3.05, 3.63) is 40.6 Å². The van der Waals surface area contributed by atoms with Crippen LogP contribution in [0.1, 0.15) is 42.1 Å². The maximum absolute atomic E-state index is 12.4. The molecule has 1 aliphatic heterocycles. The van der Waals surface area contributed by atoms with Crippen LogP contribution in [0.5, 0.6) is 0 Å². The molecule has 26 heavy (non-hydrogen) atoms. The van der Waals surface area contributed by atoms with Gasteiger partial charge in [0.2, 0.25) is 0 Å². The average Bonchev–Trinajstić information content (AvgIpc) is 3.18. The van der Waals surface area contributed by atoms with Gasteiger partial charge in [-0.3, -0.25) is 9.59 Å². The van der Waals surface area contributed by atoms with Crippen molar-refractivity contribution < 1.29 is 9.59 Å². The van der Waals surface area contributed by atoms with Gasteiger partial charge in [-0.2, -0.15) is 16.9 Å². The summed E-state index contributed by atoms with van der Waals surface area (Å²) in [7, 11) is 0. The Kier molecular flexibility index (Phi) is 5.66. The molecular formula is C19H24N4O2S. The Balaban J connectivity index is 1.89. The second kappa shape index (κ2) is 7.95. The summed E-state index contributed by atoms with van der Waals surface area (Å²) in [5, 5.41) is 10.1. The summed E-state index contributed by atoms with van der Waals surface area (Å²) in [6.07, 6.45) is 1.82. The highest BCUT2D eigenvalue weighted by Crippen LogP contribution is 2.36. The average molecular weight is 372 g/mol. The van der Waals surface area contributed by atoms with E-state index in [4.69, 9.17) is 0 Å². The van der Waals surface area contributed by atoms with E-state index >= 15 is 0 Å². The number of thioether (sulfide) groups is 1. The van der Waals surface area contributed by atoms with Crippen LogP contribution in [0.25, 0.3) is 5.69 Å². The van der Waals surface area contributed by atoms with Crippen molar-refractivity contribution in [1.82, 2.24) is 15.1 Å². The van der Waals surface area contributed by atoms with Gasteiger partial charge in [-0.15, -0.1) is 0 Å². The maximum Gasteiger partial charge on any atom is 0.314 e. The third kappa shape index (κ3) is 3.77. The molecule has 1 aliphatic rings. The number of carbonyl (C=O) groups is 2. The first-order valence-corrected chi connectivity index (χ1v) is 10.0. The van der Waals surface area contributed by atoms with Gasteiger partial charge in [0.1, 0.15) is 5.82 Å². The smallest absolute Gasteiger partial charge is 0.314 e. The van der Waals surface area contributed by atoms with Crippen molar-refractivity contribution in [2.75, 3.05) is 11.9 Å². The largest absolute Gasteiger partial charge is 0.348 e. The molecule has 2 aromatic rings. The first-order valence-electron chi connectivity index (χ1n) is 8.86. The molecule has 0 atom stereocenters. The van der Waals surface area contributed by atoms with Crippen LogP contribution in [0.4, 0.5) is 5.82 Å². The van der Waals surface area contributed by atoms with Gasteiger partial charge >= 0.3 is 11.8 Å². The minimum atomic E-state index is -0.647. The number of aromatic nitrogens is 2. The predicted octanol–water partition coefficient (Wildman–Crippen LogP) is 3.09. The fraction of sp³-hybridized carbons (Fsp3) is 0.421. The highest BCUT2D eigenvalue weighted by atomic mass is 32.2. The van der Waals surface area contributed by atoms with Crippen LogP contribution in [0, 0.1) is 13.8 Å². The minimum absolute atomic E-state index is 0.507. The summed E-state index contributed by atoms with van der Waals surface area (Å²) in [5.74, 6) is 0.956. The van der Waals surface area contributed by atoms with E-state index in [1.54, 1.807) is 16.4 Å². The Morgan fingerprint density at radius 3 is 2.77 bits per heavy atom. The fourth-order valence-corrected chi connectivity index (χ4v) is 4.02. The number of fused-ring (bicyclic) bond motifs is 1. The molecule has 0 fully saturated rings. The minimum Gasteiger partial charge on any atom is -0.348 e. The second-order valence-corrected chi connectivity index (χ2v) is 7.52. The van der Waals surface area contributed by atoms with Gasteiger partial charge in [0.05, 0.1) is 11.4 Å². The number of anilines is 1. The summed E-state index contributed by atoms with van der Waals surface area (Å²) in [6.45, 7) is 6.61. The summed E-state index contributed by atoms with van der Waals surface area (Å²) in [5.41, 5.74) is 5.13. The van der Waals surface area contributed by atoms with E-state index < -0.39 is 11.8 Å². The highest BCUT2D eigenvalue weighted by molar-refractivity contribution is 7.98. The lowest BCUT2D eigenvalue weighted by Gasteiger charge is -2.13. The zero-order chi connectivity index (χ0) is 18.7. The lowest BCUT2D eigenvalue weighted by Crippen LogP contribution is -2.36. The van der Waals surface area contributed by atoms with E-state index in [-0.39, 0.29) is 0 Å².